The lowest BCUT2D eigenvalue weighted by Crippen LogP contribution is -2.58. The normalized spacial score (nSPS) is 22.8. The van der Waals surface area contributed by atoms with E-state index < -0.39 is 17.1 Å². The van der Waals surface area contributed by atoms with Crippen LogP contribution in [0.3, 0.4) is 0 Å². The van der Waals surface area contributed by atoms with E-state index in [1.165, 1.54) is 4.90 Å². The van der Waals surface area contributed by atoms with E-state index in [1.54, 1.807) is 24.3 Å². The van der Waals surface area contributed by atoms with Crippen molar-refractivity contribution in [1.82, 2.24) is 4.90 Å². The van der Waals surface area contributed by atoms with E-state index in [4.69, 9.17) is 4.74 Å². The zero-order valence-electron chi connectivity index (χ0n) is 12.6. The molecule has 1 amide bonds. The number of ether oxygens (including phenoxy) is 1. The van der Waals surface area contributed by atoms with Gasteiger partial charge in [0.15, 0.2) is 5.54 Å². The Morgan fingerprint density at radius 3 is 2.67 bits per heavy atom. The van der Waals surface area contributed by atoms with Crippen LogP contribution >= 0.6 is 0 Å². The third kappa shape index (κ3) is 2.48. The summed E-state index contributed by atoms with van der Waals surface area (Å²) in [6.45, 7) is 5.99. The van der Waals surface area contributed by atoms with Gasteiger partial charge >= 0.3 is 5.97 Å². The van der Waals surface area contributed by atoms with Gasteiger partial charge in [0, 0.05) is 18.5 Å². The van der Waals surface area contributed by atoms with Crippen molar-refractivity contribution in [2.75, 3.05) is 6.54 Å². The minimum atomic E-state index is -1.38. The van der Waals surface area contributed by atoms with Crippen LogP contribution in [0.5, 0.6) is 5.75 Å². The maximum atomic E-state index is 12.1. The molecule has 1 unspecified atom stereocenters. The molecule has 0 fully saturated rings. The fourth-order valence-electron chi connectivity index (χ4n) is 3.09. The minimum absolute atomic E-state index is 0.213. The zero-order valence-corrected chi connectivity index (χ0v) is 12.6. The average molecular weight is 291 g/mol. The van der Waals surface area contributed by atoms with Crippen molar-refractivity contribution in [1.29, 1.82) is 0 Å². The van der Waals surface area contributed by atoms with Crippen molar-refractivity contribution in [2.24, 2.45) is 0 Å². The van der Waals surface area contributed by atoms with Gasteiger partial charge in [0.2, 0.25) is 6.41 Å². The van der Waals surface area contributed by atoms with E-state index in [-0.39, 0.29) is 6.42 Å². The number of carboxylic acid groups (broad SMARTS) is 1. The summed E-state index contributed by atoms with van der Waals surface area (Å²) < 4.78 is 5.89. The van der Waals surface area contributed by atoms with Crippen LogP contribution < -0.4 is 4.74 Å². The van der Waals surface area contributed by atoms with Gasteiger partial charge < -0.3 is 14.7 Å². The van der Waals surface area contributed by atoms with Crippen LogP contribution in [0, 0.1) is 0 Å². The molecule has 1 N–H and O–H groups in total. The summed E-state index contributed by atoms with van der Waals surface area (Å²) in [5, 5.41) is 9.94. The lowest BCUT2D eigenvalue weighted by atomic mass is 9.76. The average Bonchev–Trinajstić information content (AvgIpc) is 2.42. The van der Waals surface area contributed by atoms with Gasteiger partial charge in [0.25, 0.3) is 0 Å². The number of hydrogen-bond donors (Lipinski definition) is 1. The standard InChI is InChI=1S/C16H21NO4/c1-4-9-17(11-18)16(14(19)20)10-15(2,3)21-13-8-6-5-7-12(13)16/h5-8,11H,4,9-10H2,1-3H3,(H,19,20). The van der Waals surface area contributed by atoms with Gasteiger partial charge in [-0.25, -0.2) is 4.79 Å². The monoisotopic (exact) mass is 291 g/mol. The molecule has 5 heteroatoms. The molecule has 0 aromatic heterocycles. The number of fused-ring (bicyclic) bond motifs is 1. The van der Waals surface area contributed by atoms with Crippen LogP contribution in [-0.4, -0.2) is 34.5 Å². The Morgan fingerprint density at radius 1 is 1.43 bits per heavy atom. The van der Waals surface area contributed by atoms with Crippen LogP contribution in [0.4, 0.5) is 0 Å². The molecule has 0 saturated heterocycles. The first-order valence-corrected chi connectivity index (χ1v) is 7.11. The smallest absolute Gasteiger partial charge is 0.334 e. The van der Waals surface area contributed by atoms with Crippen molar-refractivity contribution in [2.45, 2.75) is 44.8 Å². The Kier molecular flexibility index (Phi) is 3.94. The van der Waals surface area contributed by atoms with Gasteiger partial charge in [-0.05, 0) is 26.3 Å². The number of nitrogens with zero attached hydrogens (tertiary/aromatic N) is 1. The Hall–Kier alpha value is -2.04. The van der Waals surface area contributed by atoms with Crippen LogP contribution in [0.25, 0.3) is 0 Å². The fourth-order valence-corrected chi connectivity index (χ4v) is 3.09. The van der Waals surface area contributed by atoms with Gasteiger partial charge in [-0.1, -0.05) is 25.1 Å². The topological polar surface area (TPSA) is 66.8 Å². The molecular weight excluding hydrogens is 270 g/mol. The van der Waals surface area contributed by atoms with Crippen LogP contribution in [0.1, 0.15) is 39.2 Å². The number of rotatable bonds is 5. The number of para-hydroxylation sites is 1. The molecule has 1 aromatic carbocycles. The molecular formula is C16H21NO4. The van der Waals surface area contributed by atoms with Crippen LogP contribution in [0.15, 0.2) is 24.3 Å². The van der Waals surface area contributed by atoms with Gasteiger partial charge in [0.05, 0.1) is 0 Å². The van der Waals surface area contributed by atoms with E-state index in [0.717, 1.165) is 0 Å². The van der Waals surface area contributed by atoms with Crippen molar-refractivity contribution < 1.29 is 19.4 Å². The summed E-state index contributed by atoms with van der Waals surface area (Å²) in [6.07, 6.45) is 1.54. The molecule has 0 saturated carbocycles. The quantitative estimate of drug-likeness (QED) is 0.846. The molecule has 0 spiro atoms. The van der Waals surface area contributed by atoms with E-state index in [2.05, 4.69) is 0 Å². The largest absolute Gasteiger partial charge is 0.487 e. The molecule has 1 aromatic rings. The van der Waals surface area contributed by atoms with Crippen LogP contribution in [-0.2, 0) is 15.1 Å². The molecule has 1 aliphatic heterocycles. The van der Waals surface area contributed by atoms with Gasteiger partial charge in [0.1, 0.15) is 11.4 Å². The zero-order chi connectivity index (χ0) is 15.7. The first-order valence-electron chi connectivity index (χ1n) is 7.11. The second-order valence-electron chi connectivity index (χ2n) is 6.00. The number of carbonyl (C=O) groups is 2. The maximum Gasteiger partial charge on any atom is 0.334 e. The van der Waals surface area contributed by atoms with Gasteiger partial charge in [-0.3, -0.25) is 4.79 Å². The molecule has 2 rings (SSSR count). The number of amides is 1. The highest BCUT2D eigenvalue weighted by Crippen LogP contribution is 2.46. The summed E-state index contributed by atoms with van der Waals surface area (Å²) in [7, 11) is 0. The SMILES string of the molecule is CCCN(C=O)C1(C(=O)O)CC(C)(C)Oc2ccccc21. The highest BCUT2D eigenvalue weighted by atomic mass is 16.5. The van der Waals surface area contributed by atoms with Crippen molar-refractivity contribution >= 4 is 12.4 Å². The first kappa shape index (κ1) is 15.4. The fraction of sp³-hybridized carbons (Fsp3) is 0.500. The Morgan fingerprint density at radius 2 is 2.10 bits per heavy atom. The van der Waals surface area contributed by atoms with Crippen molar-refractivity contribution in [3.05, 3.63) is 29.8 Å². The minimum Gasteiger partial charge on any atom is -0.487 e. The maximum absolute atomic E-state index is 12.1. The molecule has 21 heavy (non-hydrogen) atoms. The van der Waals surface area contributed by atoms with Crippen molar-refractivity contribution in [3.63, 3.8) is 0 Å². The molecule has 0 bridgehead atoms. The molecule has 0 aliphatic carbocycles. The lowest BCUT2D eigenvalue weighted by molar-refractivity contribution is -0.162. The predicted octanol–water partition coefficient (Wildman–Crippen LogP) is 2.40. The summed E-state index contributed by atoms with van der Waals surface area (Å²) in [5.74, 6) is -0.494. The summed E-state index contributed by atoms with van der Waals surface area (Å²) in [4.78, 5) is 25.1. The Labute approximate surface area is 124 Å². The Bertz CT molecular complexity index is 555. The number of carboxylic acids is 1. The second kappa shape index (κ2) is 5.39. The molecule has 1 heterocycles. The number of hydrogen-bond acceptors (Lipinski definition) is 3. The van der Waals surface area contributed by atoms with Crippen LogP contribution in [0.2, 0.25) is 0 Å². The molecule has 5 nitrogen and oxygen atoms in total. The summed E-state index contributed by atoms with van der Waals surface area (Å²) >= 11 is 0. The third-order valence-electron chi connectivity index (χ3n) is 3.84. The summed E-state index contributed by atoms with van der Waals surface area (Å²) in [6, 6.07) is 7.05. The molecule has 1 atom stereocenters. The lowest BCUT2D eigenvalue weighted by Gasteiger charge is -2.47. The van der Waals surface area contributed by atoms with Crippen molar-refractivity contribution in [3.8, 4) is 5.75 Å². The van der Waals surface area contributed by atoms with Gasteiger partial charge in [-0.2, -0.15) is 0 Å². The molecule has 0 radical (unpaired) electrons. The number of carbonyl (C=O) groups excluding carboxylic acids is 1. The van der Waals surface area contributed by atoms with E-state index in [9.17, 15) is 14.7 Å². The predicted molar refractivity (Wildman–Crippen MR) is 78.1 cm³/mol. The van der Waals surface area contributed by atoms with Gasteiger partial charge in [-0.15, -0.1) is 0 Å². The highest BCUT2D eigenvalue weighted by molar-refractivity contribution is 5.85. The first-order chi connectivity index (χ1) is 9.87. The Balaban J connectivity index is 2.68. The van der Waals surface area contributed by atoms with E-state index in [1.807, 2.05) is 20.8 Å². The highest BCUT2D eigenvalue weighted by Gasteiger charge is 2.54. The second-order valence-corrected chi connectivity index (χ2v) is 6.00. The third-order valence-corrected chi connectivity index (χ3v) is 3.84. The number of aliphatic carboxylic acids is 1. The summed E-state index contributed by atoms with van der Waals surface area (Å²) in [5.41, 5.74) is -1.50. The molecule has 1 aliphatic rings. The van der Waals surface area contributed by atoms with E-state index in [0.29, 0.717) is 30.7 Å². The molecule has 114 valence electrons. The van der Waals surface area contributed by atoms with E-state index >= 15 is 0 Å². The number of benzene rings is 1.